The van der Waals surface area contributed by atoms with E-state index in [9.17, 15) is 9.59 Å². The molecular formula is C15H21N3O2. The normalized spacial score (nSPS) is 18.6. The monoisotopic (exact) mass is 275 g/mol. The van der Waals surface area contributed by atoms with E-state index in [2.05, 4.69) is 5.32 Å². The molecule has 1 saturated heterocycles. The number of nitrogens with two attached hydrogens (primary N) is 1. The van der Waals surface area contributed by atoms with Gasteiger partial charge in [-0.2, -0.15) is 0 Å². The van der Waals surface area contributed by atoms with Gasteiger partial charge in [0.2, 0.25) is 11.8 Å². The lowest BCUT2D eigenvalue weighted by Crippen LogP contribution is -2.41. The molecule has 1 aromatic carbocycles. The van der Waals surface area contributed by atoms with Crippen LogP contribution in [0.3, 0.4) is 0 Å². The molecule has 0 spiro atoms. The van der Waals surface area contributed by atoms with Crippen LogP contribution in [0.15, 0.2) is 24.3 Å². The zero-order valence-electron chi connectivity index (χ0n) is 11.8. The van der Waals surface area contributed by atoms with Crippen LogP contribution in [0.1, 0.15) is 28.8 Å². The Bertz CT molecular complexity index is 478. The first-order valence-corrected chi connectivity index (χ1v) is 6.92. The molecule has 2 rings (SSSR count). The van der Waals surface area contributed by atoms with Gasteiger partial charge in [0.1, 0.15) is 0 Å². The molecule has 108 valence electrons. The summed E-state index contributed by atoms with van der Waals surface area (Å²) in [4.78, 5) is 25.0. The van der Waals surface area contributed by atoms with Gasteiger partial charge in [-0.1, -0.05) is 12.1 Å². The predicted molar refractivity (Wildman–Crippen MR) is 77.0 cm³/mol. The quantitative estimate of drug-likeness (QED) is 0.851. The van der Waals surface area contributed by atoms with Crippen LogP contribution in [0.4, 0.5) is 0 Å². The second-order valence-electron chi connectivity index (χ2n) is 5.30. The highest BCUT2D eigenvalue weighted by atomic mass is 16.2. The van der Waals surface area contributed by atoms with Crippen molar-refractivity contribution in [3.63, 3.8) is 0 Å². The smallest absolute Gasteiger partial charge is 0.248 e. The van der Waals surface area contributed by atoms with Crippen LogP contribution in [0.5, 0.6) is 0 Å². The minimum absolute atomic E-state index is 0.0821. The summed E-state index contributed by atoms with van der Waals surface area (Å²) in [5, 5.41) is 3.26. The van der Waals surface area contributed by atoms with Crippen molar-refractivity contribution in [2.24, 2.45) is 11.7 Å². The van der Waals surface area contributed by atoms with Crippen molar-refractivity contribution in [2.75, 3.05) is 20.1 Å². The predicted octanol–water partition coefficient (Wildman–Crippen LogP) is 0.744. The van der Waals surface area contributed by atoms with E-state index in [4.69, 9.17) is 5.73 Å². The van der Waals surface area contributed by atoms with Gasteiger partial charge < -0.3 is 16.0 Å². The number of piperidine rings is 1. The first-order chi connectivity index (χ1) is 9.58. The van der Waals surface area contributed by atoms with Gasteiger partial charge in [0, 0.05) is 25.7 Å². The van der Waals surface area contributed by atoms with Gasteiger partial charge in [-0.3, -0.25) is 9.59 Å². The van der Waals surface area contributed by atoms with Crippen molar-refractivity contribution in [3.8, 4) is 0 Å². The number of benzene rings is 1. The number of carbonyl (C=O) groups is 2. The van der Waals surface area contributed by atoms with E-state index < -0.39 is 5.91 Å². The maximum atomic E-state index is 12.3. The molecule has 1 aromatic rings. The van der Waals surface area contributed by atoms with E-state index in [0.717, 1.165) is 31.5 Å². The zero-order chi connectivity index (χ0) is 14.5. The highest BCUT2D eigenvalue weighted by Crippen LogP contribution is 2.14. The van der Waals surface area contributed by atoms with Crippen LogP contribution in [0.25, 0.3) is 0 Å². The summed E-state index contributed by atoms with van der Waals surface area (Å²) in [6, 6.07) is 7.06. The summed E-state index contributed by atoms with van der Waals surface area (Å²) in [6.07, 6.45) is 2.01. The number of nitrogens with zero attached hydrogens (tertiary/aromatic N) is 1. The van der Waals surface area contributed by atoms with Gasteiger partial charge in [0.25, 0.3) is 0 Å². The van der Waals surface area contributed by atoms with Crippen molar-refractivity contribution >= 4 is 11.8 Å². The number of hydrogen-bond acceptors (Lipinski definition) is 3. The lowest BCUT2D eigenvalue weighted by Gasteiger charge is -2.27. The van der Waals surface area contributed by atoms with Crippen LogP contribution < -0.4 is 11.1 Å². The van der Waals surface area contributed by atoms with Gasteiger partial charge in [0.05, 0.1) is 5.92 Å². The molecule has 20 heavy (non-hydrogen) atoms. The molecule has 1 atom stereocenters. The average Bonchev–Trinajstić information content (AvgIpc) is 2.48. The Hall–Kier alpha value is -1.88. The van der Waals surface area contributed by atoms with Gasteiger partial charge in [-0.15, -0.1) is 0 Å². The second-order valence-corrected chi connectivity index (χ2v) is 5.30. The fraction of sp³-hybridized carbons (Fsp3) is 0.467. The van der Waals surface area contributed by atoms with Crippen LogP contribution in [-0.4, -0.2) is 36.9 Å². The minimum atomic E-state index is -0.436. The first-order valence-electron chi connectivity index (χ1n) is 6.92. The van der Waals surface area contributed by atoms with Crippen molar-refractivity contribution in [2.45, 2.75) is 19.4 Å². The van der Waals surface area contributed by atoms with Gasteiger partial charge >= 0.3 is 0 Å². The Balaban J connectivity index is 1.94. The molecule has 0 aromatic heterocycles. The molecule has 5 heteroatoms. The summed E-state index contributed by atoms with van der Waals surface area (Å²) in [7, 11) is 1.82. The van der Waals surface area contributed by atoms with E-state index in [-0.39, 0.29) is 11.8 Å². The molecule has 1 aliphatic heterocycles. The Morgan fingerprint density at radius 3 is 2.60 bits per heavy atom. The molecule has 0 radical (unpaired) electrons. The summed E-state index contributed by atoms with van der Waals surface area (Å²) in [5.74, 6) is -0.177. The van der Waals surface area contributed by atoms with Gasteiger partial charge in [0.15, 0.2) is 0 Å². The van der Waals surface area contributed by atoms with Crippen LogP contribution >= 0.6 is 0 Å². The molecule has 1 aliphatic rings. The standard InChI is InChI=1S/C15H21N3O2/c1-18(15(20)13-3-2-8-17-9-13)10-11-4-6-12(7-5-11)14(16)19/h4-7,13,17H,2-3,8-10H2,1H3,(H2,16,19). The van der Waals surface area contributed by atoms with Crippen molar-refractivity contribution < 1.29 is 9.59 Å². The molecular weight excluding hydrogens is 254 g/mol. The molecule has 1 fully saturated rings. The maximum Gasteiger partial charge on any atom is 0.248 e. The van der Waals surface area contributed by atoms with E-state index in [0.29, 0.717) is 12.1 Å². The third kappa shape index (κ3) is 3.57. The molecule has 5 nitrogen and oxygen atoms in total. The summed E-state index contributed by atoms with van der Waals surface area (Å²) in [6.45, 7) is 2.32. The number of nitrogens with one attached hydrogen (secondary N) is 1. The molecule has 0 bridgehead atoms. The van der Waals surface area contributed by atoms with E-state index >= 15 is 0 Å². The third-order valence-corrected chi connectivity index (χ3v) is 3.68. The molecule has 0 aliphatic carbocycles. The maximum absolute atomic E-state index is 12.3. The summed E-state index contributed by atoms with van der Waals surface area (Å²) < 4.78 is 0. The molecule has 3 N–H and O–H groups in total. The number of amides is 2. The van der Waals surface area contributed by atoms with Crippen LogP contribution in [0.2, 0.25) is 0 Å². The fourth-order valence-corrected chi connectivity index (χ4v) is 2.50. The number of hydrogen-bond donors (Lipinski definition) is 2. The topological polar surface area (TPSA) is 75.4 Å². The second kappa shape index (κ2) is 6.52. The zero-order valence-corrected chi connectivity index (χ0v) is 11.8. The summed E-state index contributed by atoms with van der Waals surface area (Å²) in [5.41, 5.74) is 6.68. The molecule has 0 saturated carbocycles. The number of carbonyl (C=O) groups excluding carboxylic acids is 2. The van der Waals surface area contributed by atoms with Crippen LogP contribution in [-0.2, 0) is 11.3 Å². The Labute approximate surface area is 119 Å². The number of rotatable bonds is 4. The highest BCUT2D eigenvalue weighted by molar-refractivity contribution is 5.92. The Morgan fingerprint density at radius 1 is 1.35 bits per heavy atom. The highest BCUT2D eigenvalue weighted by Gasteiger charge is 2.23. The lowest BCUT2D eigenvalue weighted by molar-refractivity contribution is -0.135. The third-order valence-electron chi connectivity index (χ3n) is 3.68. The molecule has 1 heterocycles. The number of primary amides is 1. The SMILES string of the molecule is CN(Cc1ccc(C(N)=O)cc1)C(=O)C1CCCNC1. The first kappa shape index (κ1) is 14.5. The van der Waals surface area contributed by atoms with Gasteiger partial charge in [-0.05, 0) is 37.1 Å². The largest absolute Gasteiger partial charge is 0.366 e. The Kier molecular flexibility index (Phi) is 4.74. The lowest BCUT2D eigenvalue weighted by atomic mass is 9.98. The van der Waals surface area contributed by atoms with Gasteiger partial charge in [-0.25, -0.2) is 0 Å². The van der Waals surface area contributed by atoms with Crippen molar-refractivity contribution in [3.05, 3.63) is 35.4 Å². The minimum Gasteiger partial charge on any atom is -0.366 e. The summed E-state index contributed by atoms with van der Waals surface area (Å²) >= 11 is 0. The van der Waals surface area contributed by atoms with Crippen molar-refractivity contribution in [1.82, 2.24) is 10.2 Å². The van der Waals surface area contributed by atoms with Crippen molar-refractivity contribution in [1.29, 1.82) is 0 Å². The van der Waals surface area contributed by atoms with E-state index in [1.807, 2.05) is 19.2 Å². The molecule has 2 amide bonds. The molecule has 1 unspecified atom stereocenters. The van der Waals surface area contributed by atoms with E-state index in [1.54, 1.807) is 17.0 Å². The van der Waals surface area contributed by atoms with E-state index in [1.165, 1.54) is 0 Å². The van der Waals surface area contributed by atoms with Crippen LogP contribution in [0, 0.1) is 5.92 Å². The Morgan fingerprint density at radius 2 is 2.05 bits per heavy atom. The fourth-order valence-electron chi connectivity index (χ4n) is 2.50. The average molecular weight is 275 g/mol.